The Balaban J connectivity index is 1.33. The highest BCUT2D eigenvalue weighted by Gasteiger charge is 2.18. The van der Waals surface area contributed by atoms with Gasteiger partial charge >= 0.3 is 5.97 Å². The molecule has 0 radical (unpaired) electrons. The van der Waals surface area contributed by atoms with E-state index >= 15 is 0 Å². The highest BCUT2D eigenvalue weighted by molar-refractivity contribution is 5.86. The normalized spacial score (nSPS) is 12.2. The molecule has 0 saturated heterocycles. The zero-order chi connectivity index (χ0) is 20.8. The number of hydrogen-bond donors (Lipinski definition) is 0. The van der Waals surface area contributed by atoms with Gasteiger partial charge < -0.3 is 9.15 Å². The lowest BCUT2D eigenvalue weighted by molar-refractivity contribution is -0.143. The summed E-state index contributed by atoms with van der Waals surface area (Å²) in [6, 6.07) is 19.3. The lowest BCUT2D eigenvalue weighted by Gasteiger charge is -2.06. The van der Waals surface area contributed by atoms with Gasteiger partial charge in [-0.3, -0.25) is 0 Å². The molecule has 30 heavy (non-hydrogen) atoms. The van der Waals surface area contributed by atoms with Crippen molar-refractivity contribution in [3.05, 3.63) is 90.1 Å². The van der Waals surface area contributed by atoms with Crippen molar-refractivity contribution in [2.24, 2.45) is 0 Å². The zero-order valence-electron chi connectivity index (χ0n) is 16.3. The van der Waals surface area contributed by atoms with Crippen molar-refractivity contribution in [1.82, 2.24) is 25.2 Å². The summed E-state index contributed by atoms with van der Waals surface area (Å²) in [5.74, 6) is 0.0584. The minimum atomic E-state index is -0.680. The van der Waals surface area contributed by atoms with E-state index in [9.17, 15) is 4.79 Å². The van der Waals surface area contributed by atoms with Crippen LogP contribution < -0.4 is 0 Å². The molecule has 0 aliphatic carbocycles. The van der Waals surface area contributed by atoms with E-state index in [0.717, 1.165) is 11.1 Å². The fourth-order valence-corrected chi connectivity index (χ4v) is 2.75. The smallest absolute Gasteiger partial charge is 0.331 e. The van der Waals surface area contributed by atoms with Crippen LogP contribution in [0.5, 0.6) is 0 Å². The summed E-state index contributed by atoms with van der Waals surface area (Å²) < 4.78 is 12.6. The van der Waals surface area contributed by atoms with Gasteiger partial charge in [0, 0.05) is 11.6 Å². The van der Waals surface area contributed by atoms with E-state index in [1.54, 1.807) is 23.9 Å². The summed E-state index contributed by atoms with van der Waals surface area (Å²) in [4.78, 5) is 12.1. The van der Waals surface area contributed by atoms with Gasteiger partial charge in [0.2, 0.25) is 5.89 Å². The molecule has 0 aliphatic rings. The van der Waals surface area contributed by atoms with E-state index < -0.39 is 12.1 Å². The molecule has 2 aromatic heterocycles. The number of benzene rings is 2. The van der Waals surface area contributed by atoms with Crippen LogP contribution in [0.1, 0.15) is 30.2 Å². The third-order valence-electron chi connectivity index (χ3n) is 4.24. The third-order valence-corrected chi connectivity index (χ3v) is 4.24. The van der Waals surface area contributed by atoms with E-state index in [-0.39, 0.29) is 5.89 Å². The van der Waals surface area contributed by atoms with Crippen LogP contribution in [0.15, 0.2) is 77.4 Å². The topological polar surface area (TPSA) is 95.9 Å². The quantitative estimate of drug-likeness (QED) is 0.344. The van der Waals surface area contributed by atoms with Crippen LogP contribution in [-0.4, -0.2) is 31.2 Å². The molecular weight excluding hydrogens is 382 g/mol. The number of nitrogens with zero attached hydrogens (tertiary/aromatic N) is 5. The lowest BCUT2D eigenvalue weighted by atomic mass is 10.2. The molecule has 0 saturated carbocycles. The van der Waals surface area contributed by atoms with Gasteiger partial charge in [-0.15, -0.1) is 15.3 Å². The second-order valence-corrected chi connectivity index (χ2v) is 6.55. The number of rotatable bonds is 7. The molecule has 0 unspecified atom stereocenters. The molecule has 1 atom stereocenters. The fraction of sp³-hybridized carbons (Fsp3) is 0.136. The Morgan fingerprint density at radius 2 is 1.80 bits per heavy atom. The fourth-order valence-electron chi connectivity index (χ4n) is 2.75. The Labute approximate surface area is 172 Å². The van der Waals surface area contributed by atoms with Gasteiger partial charge in [0.1, 0.15) is 5.69 Å². The first-order valence-electron chi connectivity index (χ1n) is 9.39. The maximum Gasteiger partial charge on any atom is 0.331 e. The molecule has 150 valence electrons. The molecule has 4 rings (SSSR count). The minimum Gasteiger partial charge on any atom is -0.449 e. The van der Waals surface area contributed by atoms with Crippen molar-refractivity contribution in [3.8, 4) is 11.5 Å². The lowest BCUT2D eigenvalue weighted by Crippen LogP contribution is -2.06. The first kappa shape index (κ1) is 19.3. The summed E-state index contributed by atoms with van der Waals surface area (Å²) >= 11 is 0. The molecular formula is C22H19N5O3. The molecule has 0 N–H and O–H groups in total. The van der Waals surface area contributed by atoms with Gasteiger partial charge in [0.25, 0.3) is 5.89 Å². The Morgan fingerprint density at radius 3 is 2.57 bits per heavy atom. The monoisotopic (exact) mass is 401 g/mol. The van der Waals surface area contributed by atoms with Gasteiger partial charge in [-0.25, -0.2) is 9.48 Å². The van der Waals surface area contributed by atoms with Gasteiger partial charge in [-0.2, -0.15) is 0 Å². The van der Waals surface area contributed by atoms with Crippen LogP contribution in [0.4, 0.5) is 0 Å². The highest BCUT2D eigenvalue weighted by atomic mass is 16.6. The van der Waals surface area contributed by atoms with Crippen molar-refractivity contribution in [2.45, 2.75) is 19.6 Å². The maximum absolute atomic E-state index is 12.1. The molecule has 0 amide bonds. The molecule has 0 aliphatic heterocycles. The zero-order valence-corrected chi connectivity index (χ0v) is 16.3. The van der Waals surface area contributed by atoms with Crippen LogP contribution >= 0.6 is 0 Å². The van der Waals surface area contributed by atoms with Crippen LogP contribution in [0.3, 0.4) is 0 Å². The highest BCUT2D eigenvalue weighted by Crippen LogP contribution is 2.22. The largest absolute Gasteiger partial charge is 0.449 e. The second-order valence-electron chi connectivity index (χ2n) is 6.55. The van der Waals surface area contributed by atoms with E-state index in [4.69, 9.17) is 9.15 Å². The van der Waals surface area contributed by atoms with E-state index in [0.29, 0.717) is 18.1 Å². The number of carbonyl (C=O) groups is 1. The Hall–Kier alpha value is -4.07. The van der Waals surface area contributed by atoms with E-state index in [2.05, 4.69) is 20.5 Å². The van der Waals surface area contributed by atoms with Gasteiger partial charge in [-0.1, -0.05) is 53.7 Å². The van der Waals surface area contributed by atoms with Crippen molar-refractivity contribution in [3.63, 3.8) is 0 Å². The predicted molar refractivity (Wildman–Crippen MR) is 109 cm³/mol. The van der Waals surface area contributed by atoms with Crippen molar-refractivity contribution < 1.29 is 13.9 Å². The molecule has 0 bridgehead atoms. The molecule has 4 aromatic rings. The summed E-state index contributed by atoms with van der Waals surface area (Å²) in [6.45, 7) is 2.27. The van der Waals surface area contributed by atoms with Crippen molar-refractivity contribution in [1.29, 1.82) is 0 Å². The predicted octanol–water partition coefficient (Wildman–Crippen LogP) is 3.69. The maximum atomic E-state index is 12.1. The minimum absolute atomic E-state index is 0.226. The summed E-state index contributed by atoms with van der Waals surface area (Å²) in [5, 5.41) is 16.1. The average Bonchev–Trinajstić information content (AvgIpc) is 3.44. The molecule has 0 fully saturated rings. The number of aromatic nitrogens is 5. The first-order chi connectivity index (χ1) is 14.7. The SMILES string of the molecule is C[C@H](OC(=O)/C=C/c1cn(Cc2ccccc2)nn1)c1nnc(-c2ccccc2)o1. The molecule has 8 heteroatoms. The molecule has 2 heterocycles. The second kappa shape index (κ2) is 8.95. The summed E-state index contributed by atoms with van der Waals surface area (Å²) in [5.41, 5.74) is 2.47. The number of carbonyl (C=O) groups excluding carboxylic acids is 1. The van der Waals surface area contributed by atoms with E-state index in [1.165, 1.54) is 6.08 Å². The van der Waals surface area contributed by atoms with Gasteiger partial charge in [0.15, 0.2) is 6.10 Å². The van der Waals surface area contributed by atoms with E-state index in [1.807, 2.05) is 60.7 Å². The van der Waals surface area contributed by atoms with Crippen LogP contribution in [0.2, 0.25) is 0 Å². The standard InChI is InChI=1S/C22H19N5O3/c1-16(21-24-25-22(30-21)18-10-6-3-7-11-18)29-20(28)13-12-19-15-27(26-23-19)14-17-8-4-2-5-9-17/h2-13,15-16H,14H2,1H3/b13-12+/t16-/m0/s1. The summed E-state index contributed by atoms with van der Waals surface area (Å²) in [6.07, 6.45) is 3.92. The van der Waals surface area contributed by atoms with Crippen LogP contribution in [0, 0.1) is 0 Å². The third kappa shape index (κ3) is 4.85. The van der Waals surface area contributed by atoms with Crippen LogP contribution in [-0.2, 0) is 16.1 Å². The Kier molecular flexibility index (Phi) is 5.75. The van der Waals surface area contributed by atoms with Crippen molar-refractivity contribution >= 4 is 12.0 Å². The molecule has 8 nitrogen and oxygen atoms in total. The molecule has 2 aromatic carbocycles. The van der Waals surface area contributed by atoms with Gasteiger partial charge in [0.05, 0.1) is 12.7 Å². The van der Waals surface area contributed by atoms with Gasteiger partial charge in [-0.05, 0) is 30.7 Å². The average molecular weight is 401 g/mol. The molecule has 0 spiro atoms. The number of ether oxygens (including phenoxy) is 1. The first-order valence-corrected chi connectivity index (χ1v) is 9.39. The number of esters is 1. The Bertz CT molecular complexity index is 1140. The van der Waals surface area contributed by atoms with Crippen LogP contribution in [0.25, 0.3) is 17.5 Å². The number of hydrogen-bond acceptors (Lipinski definition) is 7. The summed E-state index contributed by atoms with van der Waals surface area (Å²) in [7, 11) is 0. The Morgan fingerprint density at radius 1 is 1.07 bits per heavy atom. The van der Waals surface area contributed by atoms with Crippen molar-refractivity contribution in [2.75, 3.05) is 0 Å².